The molecule has 0 saturated carbocycles. The van der Waals surface area contributed by atoms with E-state index in [2.05, 4.69) is 36.7 Å². The maximum atomic E-state index is 13.0. The number of rotatable bonds is 6. The second-order valence-corrected chi connectivity index (χ2v) is 4.43. The van der Waals surface area contributed by atoms with Crippen molar-refractivity contribution in [3.8, 4) is 0 Å². The molecule has 100 valence electrons. The molecular weight excluding hydrogens is 251 g/mol. The maximum absolute atomic E-state index is 13.0. The first kappa shape index (κ1) is 15.0. The van der Waals surface area contributed by atoms with E-state index in [0.29, 0.717) is 12.1 Å². The summed E-state index contributed by atoms with van der Waals surface area (Å²) in [7, 11) is 0. The molecule has 0 fully saturated rings. The summed E-state index contributed by atoms with van der Waals surface area (Å²) >= 11 is 3.95. The number of hydrogen-bond donors (Lipinski definition) is 2. The molecule has 0 radical (unpaired) electrons. The van der Waals surface area contributed by atoms with Gasteiger partial charge in [0, 0.05) is 23.5 Å². The summed E-state index contributed by atoms with van der Waals surface area (Å²) in [6.07, 6.45) is 0. The molecule has 1 amide bonds. The van der Waals surface area contributed by atoms with Gasteiger partial charge in [0.15, 0.2) is 0 Å². The fourth-order valence-corrected chi connectivity index (χ4v) is 1.84. The van der Waals surface area contributed by atoms with Gasteiger partial charge in [-0.3, -0.25) is 4.79 Å². The molecule has 0 saturated heterocycles. The number of hydrogen-bond acceptors (Lipinski definition) is 3. The van der Waals surface area contributed by atoms with Crippen LogP contribution < -0.4 is 5.32 Å². The number of likely N-dealkylation sites (N-methyl/N-ethyl adjacent to an activating group) is 1. The van der Waals surface area contributed by atoms with Crippen molar-refractivity contribution in [2.45, 2.75) is 18.7 Å². The molecule has 0 bridgehead atoms. The number of thiol groups is 1. The number of amides is 1. The van der Waals surface area contributed by atoms with Crippen LogP contribution in [0.25, 0.3) is 0 Å². The minimum atomic E-state index is -0.418. The summed E-state index contributed by atoms with van der Waals surface area (Å²) in [4.78, 5) is 14.2. The van der Waals surface area contributed by atoms with Crippen LogP contribution in [0.1, 0.15) is 24.2 Å². The highest BCUT2D eigenvalue weighted by Crippen LogP contribution is 2.13. The smallest absolute Gasteiger partial charge is 0.251 e. The lowest BCUT2D eigenvalue weighted by Crippen LogP contribution is -2.34. The Labute approximate surface area is 113 Å². The van der Waals surface area contributed by atoms with Gasteiger partial charge >= 0.3 is 0 Å². The fraction of sp³-hybridized carbons (Fsp3) is 0.462. The molecule has 1 aromatic carbocycles. The Balaban J connectivity index is 2.48. The highest BCUT2D eigenvalue weighted by atomic mass is 32.1. The summed E-state index contributed by atoms with van der Waals surface area (Å²) < 4.78 is 13.0. The maximum Gasteiger partial charge on any atom is 0.251 e. The van der Waals surface area contributed by atoms with Crippen molar-refractivity contribution in [2.75, 3.05) is 26.2 Å². The van der Waals surface area contributed by atoms with Crippen LogP contribution >= 0.6 is 12.6 Å². The number of carbonyl (C=O) groups is 1. The summed E-state index contributed by atoms with van der Waals surface area (Å²) in [5.74, 6) is -0.615. The largest absolute Gasteiger partial charge is 0.351 e. The van der Waals surface area contributed by atoms with Crippen molar-refractivity contribution in [1.82, 2.24) is 10.2 Å². The monoisotopic (exact) mass is 270 g/mol. The molecule has 0 unspecified atom stereocenters. The predicted molar refractivity (Wildman–Crippen MR) is 73.8 cm³/mol. The topological polar surface area (TPSA) is 32.3 Å². The third-order valence-electron chi connectivity index (χ3n) is 2.82. The van der Waals surface area contributed by atoms with E-state index < -0.39 is 5.82 Å². The Morgan fingerprint density at radius 2 is 2.06 bits per heavy atom. The van der Waals surface area contributed by atoms with Crippen molar-refractivity contribution >= 4 is 18.5 Å². The predicted octanol–water partition coefficient (Wildman–Crippen LogP) is 2.19. The van der Waals surface area contributed by atoms with Crippen LogP contribution in [0.5, 0.6) is 0 Å². The van der Waals surface area contributed by atoms with Gasteiger partial charge in [-0.25, -0.2) is 4.39 Å². The second kappa shape index (κ2) is 7.38. The molecule has 1 rings (SSSR count). The van der Waals surface area contributed by atoms with E-state index in [1.54, 1.807) is 0 Å². The van der Waals surface area contributed by atoms with Crippen LogP contribution in [-0.4, -0.2) is 37.0 Å². The number of halogens is 1. The van der Waals surface area contributed by atoms with E-state index in [1.807, 2.05) is 0 Å². The van der Waals surface area contributed by atoms with E-state index in [0.717, 1.165) is 19.6 Å². The Morgan fingerprint density at radius 1 is 1.39 bits per heavy atom. The Hall–Kier alpha value is -1.07. The van der Waals surface area contributed by atoms with E-state index in [4.69, 9.17) is 0 Å². The average Bonchev–Trinajstić information content (AvgIpc) is 2.37. The Morgan fingerprint density at radius 3 is 2.61 bits per heavy atom. The first-order valence-corrected chi connectivity index (χ1v) is 6.52. The molecule has 0 heterocycles. The van der Waals surface area contributed by atoms with Crippen molar-refractivity contribution in [3.63, 3.8) is 0 Å². The second-order valence-electron chi connectivity index (χ2n) is 3.95. The normalized spacial score (nSPS) is 10.7. The van der Waals surface area contributed by atoms with Crippen LogP contribution in [0.4, 0.5) is 4.39 Å². The molecule has 0 aromatic heterocycles. The van der Waals surface area contributed by atoms with E-state index >= 15 is 0 Å². The van der Waals surface area contributed by atoms with Crippen molar-refractivity contribution in [2.24, 2.45) is 0 Å². The van der Waals surface area contributed by atoms with Crippen LogP contribution in [0.2, 0.25) is 0 Å². The van der Waals surface area contributed by atoms with Crippen LogP contribution in [0, 0.1) is 5.82 Å². The summed E-state index contributed by atoms with van der Waals surface area (Å²) in [5, 5.41) is 2.81. The lowest BCUT2D eigenvalue weighted by atomic mass is 10.2. The molecule has 0 aliphatic heterocycles. The molecule has 0 spiro atoms. The van der Waals surface area contributed by atoms with Crippen LogP contribution in [-0.2, 0) is 0 Å². The Kier molecular flexibility index (Phi) is 6.15. The zero-order valence-corrected chi connectivity index (χ0v) is 11.6. The number of carbonyl (C=O) groups excluding carboxylic acids is 1. The first-order valence-electron chi connectivity index (χ1n) is 6.07. The van der Waals surface area contributed by atoms with Gasteiger partial charge in [-0.1, -0.05) is 13.8 Å². The van der Waals surface area contributed by atoms with Crippen LogP contribution in [0.15, 0.2) is 23.1 Å². The SMILES string of the molecule is CCN(CC)CCNC(=O)c1ccc(F)c(S)c1. The van der Waals surface area contributed by atoms with Gasteiger partial charge in [0.25, 0.3) is 5.91 Å². The molecular formula is C13H19FN2OS. The number of nitrogens with zero attached hydrogens (tertiary/aromatic N) is 1. The van der Waals surface area contributed by atoms with Gasteiger partial charge in [0.05, 0.1) is 0 Å². The van der Waals surface area contributed by atoms with E-state index in [1.165, 1.54) is 18.2 Å². The Bertz CT molecular complexity index is 408. The molecule has 0 atom stereocenters. The molecule has 0 aliphatic rings. The van der Waals surface area contributed by atoms with Crippen LogP contribution in [0.3, 0.4) is 0 Å². The third kappa shape index (κ3) is 4.31. The standard InChI is InChI=1S/C13H19FN2OS/c1-3-16(4-2)8-7-15-13(17)10-5-6-11(14)12(18)9-10/h5-6,9,18H,3-4,7-8H2,1-2H3,(H,15,17). The summed E-state index contributed by atoms with van der Waals surface area (Å²) in [6.45, 7) is 7.48. The lowest BCUT2D eigenvalue weighted by Gasteiger charge is -2.17. The average molecular weight is 270 g/mol. The molecule has 0 aliphatic carbocycles. The fourth-order valence-electron chi connectivity index (χ4n) is 1.62. The minimum Gasteiger partial charge on any atom is -0.351 e. The molecule has 5 heteroatoms. The zero-order chi connectivity index (χ0) is 13.5. The van der Waals surface area contributed by atoms with Gasteiger partial charge in [0.2, 0.25) is 0 Å². The van der Waals surface area contributed by atoms with Gasteiger partial charge in [-0.2, -0.15) is 0 Å². The molecule has 18 heavy (non-hydrogen) atoms. The van der Waals surface area contributed by atoms with E-state index in [9.17, 15) is 9.18 Å². The quantitative estimate of drug-likeness (QED) is 0.777. The molecule has 1 N–H and O–H groups in total. The van der Waals surface area contributed by atoms with Gasteiger partial charge in [-0.05, 0) is 31.3 Å². The lowest BCUT2D eigenvalue weighted by molar-refractivity contribution is 0.0948. The van der Waals surface area contributed by atoms with Gasteiger partial charge < -0.3 is 10.2 Å². The highest BCUT2D eigenvalue weighted by Gasteiger charge is 2.08. The number of nitrogens with one attached hydrogen (secondary N) is 1. The van der Waals surface area contributed by atoms with Crippen molar-refractivity contribution < 1.29 is 9.18 Å². The zero-order valence-electron chi connectivity index (χ0n) is 10.7. The molecule has 3 nitrogen and oxygen atoms in total. The highest BCUT2D eigenvalue weighted by molar-refractivity contribution is 7.80. The van der Waals surface area contributed by atoms with Crippen molar-refractivity contribution in [1.29, 1.82) is 0 Å². The summed E-state index contributed by atoms with van der Waals surface area (Å²) in [6, 6.07) is 4.15. The minimum absolute atomic E-state index is 0.186. The third-order valence-corrected chi connectivity index (χ3v) is 3.16. The molecule has 1 aromatic rings. The first-order chi connectivity index (χ1) is 8.58. The van der Waals surface area contributed by atoms with E-state index in [-0.39, 0.29) is 10.8 Å². The summed E-state index contributed by atoms with van der Waals surface area (Å²) in [5.41, 5.74) is 0.431. The number of benzene rings is 1. The van der Waals surface area contributed by atoms with Gasteiger partial charge in [-0.15, -0.1) is 12.6 Å². The van der Waals surface area contributed by atoms with Gasteiger partial charge in [0.1, 0.15) is 5.82 Å². The van der Waals surface area contributed by atoms with Crippen molar-refractivity contribution in [3.05, 3.63) is 29.6 Å².